The summed E-state index contributed by atoms with van der Waals surface area (Å²) in [7, 11) is 0. The van der Waals surface area contributed by atoms with Crippen LogP contribution in [-0.2, 0) is 10.2 Å². The zero-order valence-corrected chi connectivity index (χ0v) is 15.6. The van der Waals surface area contributed by atoms with Gasteiger partial charge in [-0.15, -0.1) is 0 Å². The Labute approximate surface area is 166 Å². The summed E-state index contributed by atoms with van der Waals surface area (Å²) in [5, 5.41) is 12.7. The minimum atomic E-state index is -0.974. The van der Waals surface area contributed by atoms with Gasteiger partial charge in [-0.25, -0.2) is 9.78 Å². The Morgan fingerprint density at radius 2 is 1.83 bits per heavy atom. The van der Waals surface area contributed by atoms with Crippen LogP contribution in [-0.4, -0.2) is 45.1 Å². The zero-order valence-electron chi connectivity index (χ0n) is 15.6. The van der Waals surface area contributed by atoms with Gasteiger partial charge in [0, 0.05) is 18.8 Å². The second-order valence-electron chi connectivity index (χ2n) is 7.14. The van der Waals surface area contributed by atoms with Crippen molar-refractivity contribution in [1.82, 2.24) is 14.9 Å². The lowest BCUT2D eigenvalue weighted by molar-refractivity contribution is -0.123. The minimum absolute atomic E-state index is 0.196. The molecule has 1 aromatic heterocycles. The number of hydrogen-bond donors (Lipinski definition) is 3. The van der Waals surface area contributed by atoms with E-state index in [-0.39, 0.29) is 24.6 Å². The number of aromatic amines is 1. The van der Waals surface area contributed by atoms with Crippen LogP contribution in [0.5, 0.6) is 0 Å². The van der Waals surface area contributed by atoms with E-state index < -0.39 is 11.5 Å². The van der Waals surface area contributed by atoms with Gasteiger partial charge in [-0.05, 0) is 36.6 Å². The van der Waals surface area contributed by atoms with Crippen molar-refractivity contribution < 1.29 is 14.7 Å². The number of nitrogens with one attached hydrogen (secondary N) is 2. The molecule has 2 aromatic carbocycles. The molecule has 2 heterocycles. The fourth-order valence-electron chi connectivity index (χ4n) is 3.88. The summed E-state index contributed by atoms with van der Waals surface area (Å²) in [6, 6.07) is 14.4. The smallest absolute Gasteiger partial charge is 0.407 e. The highest BCUT2D eigenvalue weighted by Crippen LogP contribution is 2.37. The summed E-state index contributed by atoms with van der Waals surface area (Å²) < 4.78 is 0. The minimum Gasteiger partial charge on any atom is -0.465 e. The van der Waals surface area contributed by atoms with E-state index in [4.69, 9.17) is 0 Å². The summed E-state index contributed by atoms with van der Waals surface area (Å²) in [6.07, 6.45) is 1.13. The molecule has 8 nitrogen and oxygen atoms in total. The number of benzene rings is 2. The van der Waals surface area contributed by atoms with E-state index in [1.807, 2.05) is 30.3 Å². The third kappa shape index (κ3) is 3.44. The van der Waals surface area contributed by atoms with Gasteiger partial charge in [0.05, 0.1) is 22.6 Å². The third-order valence-electron chi connectivity index (χ3n) is 5.55. The molecule has 8 heteroatoms. The number of piperidine rings is 1. The molecule has 148 valence electrons. The molecule has 29 heavy (non-hydrogen) atoms. The molecule has 0 unspecified atom stereocenters. The highest BCUT2D eigenvalue weighted by molar-refractivity contribution is 6.00. The van der Waals surface area contributed by atoms with E-state index in [2.05, 4.69) is 15.3 Å². The van der Waals surface area contributed by atoms with E-state index in [0.29, 0.717) is 29.4 Å². The largest absolute Gasteiger partial charge is 0.465 e. The number of rotatable bonds is 3. The number of H-pyrrole nitrogens is 1. The van der Waals surface area contributed by atoms with Crippen molar-refractivity contribution in [2.24, 2.45) is 0 Å². The van der Waals surface area contributed by atoms with Crippen molar-refractivity contribution in [3.8, 4) is 0 Å². The summed E-state index contributed by atoms with van der Waals surface area (Å²) in [5.74, 6) is -0.196. The first-order chi connectivity index (χ1) is 14.0. The Morgan fingerprint density at radius 1 is 1.10 bits per heavy atom. The topological polar surface area (TPSA) is 115 Å². The van der Waals surface area contributed by atoms with Crippen molar-refractivity contribution in [3.63, 3.8) is 0 Å². The van der Waals surface area contributed by atoms with Crippen LogP contribution >= 0.6 is 0 Å². The van der Waals surface area contributed by atoms with Crippen molar-refractivity contribution in [3.05, 3.63) is 70.8 Å². The van der Waals surface area contributed by atoms with Crippen LogP contribution in [0.1, 0.15) is 18.4 Å². The molecular formula is C21H20N4O4. The molecule has 3 aromatic rings. The van der Waals surface area contributed by atoms with E-state index >= 15 is 0 Å². The molecule has 0 atom stereocenters. The Kier molecular flexibility index (Phi) is 4.75. The molecule has 0 bridgehead atoms. The molecule has 1 aliphatic rings. The lowest BCUT2D eigenvalue weighted by Gasteiger charge is -2.40. The fourth-order valence-corrected chi connectivity index (χ4v) is 3.88. The SMILES string of the molecule is O=C(O)N1CCC(C(=O)Nc2ccc3c(=O)[nH]cnc3c2)(c2ccccc2)CC1. The maximum Gasteiger partial charge on any atom is 0.407 e. The van der Waals surface area contributed by atoms with Gasteiger partial charge in [-0.3, -0.25) is 9.59 Å². The molecule has 0 radical (unpaired) electrons. The molecule has 2 amide bonds. The average Bonchev–Trinajstić information content (AvgIpc) is 2.74. The van der Waals surface area contributed by atoms with E-state index in [1.165, 1.54) is 11.2 Å². The normalized spacial score (nSPS) is 15.8. The molecule has 0 aliphatic carbocycles. The van der Waals surface area contributed by atoms with Crippen molar-refractivity contribution in [2.45, 2.75) is 18.3 Å². The van der Waals surface area contributed by atoms with Gasteiger partial charge >= 0.3 is 6.09 Å². The Hall–Kier alpha value is -3.68. The number of carbonyl (C=O) groups is 2. The highest BCUT2D eigenvalue weighted by atomic mass is 16.4. The molecule has 1 aliphatic heterocycles. The summed E-state index contributed by atoms with van der Waals surface area (Å²) in [6.45, 7) is 0.568. The lowest BCUT2D eigenvalue weighted by Crippen LogP contribution is -2.50. The molecule has 0 saturated carbocycles. The number of anilines is 1. The molecule has 3 N–H and O–H groups in total. The standard InChI is InChI=1S/C21H20N4O4/c26-18-16-7-6-15(12-17(16)22-13-23-18)24-19(27)21(14-4-2-1-3-5-14)8-10-25(11-9-21)20(28)29/h1-7,12-13H,8-11H2,(H,24,27)(H,28,29)(H,22,23,26). The van der Waals surface area contributed by atoms with Gasteiger partial charge in [-0.2, -0.15) is 0 Å². The third-order valence-corrected chi connectivity index (χ3v) is 5.55. The Morgan fingerprint density at radius 3 is 2.52 bits per heavy atom. The molecule has 1 saturated heterocycles. The number of hydrogen-bond acceptors (Lipinski definition) is 4. The number of nitrogens with zero attached hydrogens (tertiary/aromatic N) is 2. The Balaban J connectivity index is 1.66. The number of likely N-dealkylation sites (tertiary alicyclic amines) is 1. The number of amides is 2. The van der Waals surface area contributed by atoms with Crippen LogP contribution in [0.3, 0.4) is 0 Å². The van der Waals surface area contributed by atoms with Crippen LogP contribution in [0.2, 0.25) is 0 Å². The van der Waals surface area contributed by atoms with Gasteiger partial charge in [0.2, 0.25) is 5.91 Å². The lowest BCUT2D eigenvalue weighted by atomic mass is 9.72. The Bertz CT molecular complexity index is 1120. The van der Waals surface area contributed by atoms with Gasteiger partial charge < -0.3 is 20.3 Å². The van der Waals surface area contributed by atoms with Crippen LogP contribution < -0.4 is 10.9 Å². The number of carboxylic acid groups (broad SMARTS) is 1. The molecule has 1 fully saturated rings. The van der Waals surface area contributed by atoms with Crippen molar-refractivity contribution >= 4 is 28.6 Å². The number of fused-ring (bicyclic) bond motifs is 1. The summed E-state index contributed by atoms with van der Waals surface area (Å²) >= 11 is 0. The van der Waals surface area contributed by atoms with Crippen LogP contribution in [0.4, 0.5) is 10.5 Å². The predicted octanol–water partition coefficient (Wildman–Crippen LogP) is 2.57. The second kappa shape index (κ2) is 7.38. The van der Waals surface area contributed by atoms with Crippen molar-refractivity contribution in [1.29, 1.82) is 0 Å². The highest BCUT2D eigenvalue weighted by Gasteiger charge is 2.43. The van der Waals surface area contributed by atoms with E-state index in [9.17, 15) is 19.5 Å². The van der Waals surface area contributed by atoms with Crippen LogP contribution in [0, 0.1) is 0 Å². The first-order valence-electron chi connectivity index (χ1n) is 9.32. The summed E-state index contributed by atoms with van der Waals surface area (Å²) in [4.78, 5) is 44.6. The summed E-state index contributed by atoms with van der Waals surface area (Å²) in [5.41, 5.74) is 0.814. The van der Waals surface area contributed by atoms with Gasteiger partial charge in [0.15, 0.2) is 0 Å². The number of carbonyl (C=O) groups excluding carboxylic acids is 1. The second-order valence-corrected chi connectivity index (χ2v) is 7.14. The van der Waals surface area contributed by atoms with Crippen LogP contribution in [0.15, 0.2) is 59.7 Å². The zero-order chi connectivity index (χ0) is 20.4. The number of aromatic nitrogens is 2. The van der Waals surface area contributed by atoms with Crippen molar-refractivity contribution in [2.75, 3.05) is 18.4 Å². The maximum absolute atomic E-state index is 13.4. The first-order valence-corrected chi connectivity index (χ1v) is 9.32. The van der Waals surface area contributed by atoms with E-state index in [0.717, 1.165) is 5.56 Å². The maximum atomic E-state index is 13.4. The van der Waals surface area contributed by atoms with Crippen LogP contribution in [0.25, 0.3) is 10.9 Å². The molecule has 0 spiro atoms. The fraction of sp³-hybridized carbons (Fsp3) is 0.238. The quantitative estimate of drug-likeness (QED) is 0.634. The molecule has 4 rings (SSSR count). The first kappa shape index (κ1) is 18.7. The van der Waals surface area contributed by atoms with Gasteiger partial charge in [-0.1, -0.05) is 30.3 Å². The predicted molar refractivity (Wildman–Crippen MR) is 108 cm³/mol. The van der Waals surface area contributed by atoms with E-state index in [1.54, 1.807) is 18.2 Å². The van der Waals surface area contributed by atoms with Gasteiger partial charge in [0.1, 0.15) is 0 Å². The average molecular weight is 392 g/mol. The molecular weight excluding hydrogens is 372 g/mol. The monoisotopic (exact) mass is 392 g/mol. The van der Waals surface area contributed by atoms with Gasteiger partial charge in [0.25, 0.3) is 5.56 Å².